The molecule has 1 aromatic rings. The van der Waals surface area contributed by atoms with Gasteiger partial charge in [0.2, 0.25) is 5.91 Å². The number of nitrogens with one attached hydrogen (secondary N) is 1. The van der Waals surface area contributed by atoms with E-state index in [0.29, 0.717) is 6.42 Å². The van der Waals surface area contributed by atoms with Crippen LogP contribution in [-0.4, -0.2) is 19.0 Å². The molecular weight excluding hydrogens is 238 g/mol. The van der Waals surface area contributed by atoms with E-state index in [4.69, 9.17) is 0 Å². The fourth-order valence-electron chi connectivity index (χ4n) is 1.27. The second kappa shape index (κ2) is 6.85. The molecule has 0 saturated carbocycles. The highest BCUT2D eigenvalue weighted by Crippen LogP contribution is 2.09. The summed E-state index contributed by atoms with van der Waals surface area (Å²) in [4.78, 5) is 24.0. The maximum Gasteiger partial charge on any atom is 0.354 e. The van der Waals surface area contributed by atoms with Gasteiger partial charge in [-0.3, -0.25) is 4.79 Å². The Balaban J connectivity index is 2.59. The lowest BCUT2D eigenvalue weighted by Gasteiger charge is -2.07. The molecule has 1 aromatic heterocycles. The number of hydrogen-bond acceptors (Lipinski definition) is 4. The number of hydrogen-bond donors (Lipinski definition) is 1. The van der Waals surface area contributed by atoms with E-state index in [0.717, 1.165) is 4.88 Å². The largest absolute Gasteiger partial charge is 0.464 e. The summed E-state index contributed by atoms with van der Waals surface area (Å²) in [5.74, 6) is -0.732. The predicted octanol–water partition coefficient (Wildman–Crippen LogP) is 1.87. The van der Waals surface area contributed by atoms with Crippen LogP contribution in [0.25, 0.3) is 0 Å². The van der Waals surface area contributed by atoms with Gasteiger partial charge in [-0.2, -0.15) is 0 Å². The fraction of sp³-hybridized carbons (Fsp3) is 0.333. The van der Waals surface area contributed by atoms with Gasteiger partial charge in [0.25, 0.3) is 0 Å². The van der Waals surface area contributed by atoms with Crippen molar-refractivity contribution < 1.29 is 14.3 Å². The zero-order valence-electron chi connectivity index (χ0n) is 9.86. The third kappa shape index (κ3) is 4.40. The van der Waals surface area contributed by atoms with E-state index >= 15 is 0 Å². The van der Waals surface area contributed by atoms with Crippen LogP contribution in [0.1, 0.15) is 18.2 Å². The van der Waals surface area contributed by atoms with E-state index in [-0.39, 0.29) is 18.0 Å². The molecule has 0 atom stereocenters. The molecule has 0 aromatic carbocycles. The number of thiophene rings is 1. The maximum atomic E-state index is 11.7. The molecule has 0 saturated heterocycles. The Kier molecular flexibility index (Phi) is 5.42. The molecule has 0 aliphatic carbocycles. The molecule has 5 heteroatoms. The molecule has 0 bridgehead atoms. The molecule has 4 nitrogen and oxygen atoms in total. The summed E-state index contributed by atoms with van der Waals surface area (Å²) in [7, 11) is 1.29. The molecule has 1 N–H and O–H groups in total. The van der Waals surface area contributed by atoms with E-state index in [1.54, 1.807) is 6.08 Å². The lowest BCUT2D eigenvalue weighted by atomic mass is 10.3. The average Bonchev–Trinajstić information content (AvgIpc) is 2.80. The van der Waals surface area contributed by atoms with Crippen LogP contribution in [0.5, 0.6) is 0 Å². The molecule has 0 aliphatic heterocycles. The van der Waals surface area contributed by atoms with Gasteiger partial charge in [0.05, 0.1) is 13.5 Å². The molecule has 0 radical (unpaired) electrons. The molecular formula is C12H15NO3S. The van der Waals surface area contributed by atoms with E-state index in [2.05, 4.69) is 10.1 Å². The number of esters is 1. The predicted molar refractivity (Wildman–Crippen MR) is 66.6 cm³/mol. The first kappa shape index (κ1) is 13.4. The number of rotatable bonds is 5. The number of allylic oxidation sites excluding steroid dienone is 1. The summed E-state index contributed by atoms with van der Waals surface area (Å²) < 4.78 is 4.58. The van der Waals surface area contributed by atoms with Crippen LogP contribution < -0.4 is 5.32 Å². The van der Waals surface area contributed by atoms with Gasteiger partial charge in [0, 0.05) is 4.88 Å². The zero-order valence-corrected chi connectivity index (χ0v) is 10.7. The molecule has 92 valence electrons. The van der Waals surface area contributed by atoms with E-state index in [1.165, 1.54) is 18.4 Å². The molecule has 1 rings (SSSR count). The first-order valence-electron chi connectivity index (χ1n) is 5.28. The van der Waals surface area contributed by atoms with Gasteiger partial charge in [0.1, 0.15) is 5.70 Å². The van der Waals surface area contributed by atoms with Crippen molar-refractivity contribution in [1.29, 1.82) is 0 Å². The first-order chi connectivity index (χ1) is 8.17. The normalized spacial score (nSPS) is 11.1. The zero-order chi connectivity index (χ0) is 12.7. The van der Waals surface area contributed by atoms with E-state index < -0.39 is 5.97 Å². The summed E-state index contributed by atoms with van der Waals surface area (Å²) in [5, 5.41) is 4.47. The van der Waals surface area contributed by atoms with E-state index in [9.17, 15) is 9.59 Å². The van der Waals surface area contributed by atoms with Gasteiger partial charge < -0.3 is 10.1 Å². The maximum absolute atomic E-state index is 11.7. The standard InChI is InChI=1S/C12H15NO3S/c1-3-5-10(12(15)16-2)13-11(14)8-9-6-4-7-17-9/h4-7H,3,8H2,1-2H3,(H,13,14). The Morgan fingerprint density at radius 1 is 1.53 bits per heavy atom. The summed E-state index contributed by atoms with van der Waals surface area (Å²) in [5.41, 5.74) is 0.205. The second-order valence-electron chi connectivity index (χ2n) is 3.32. The topological polar surface area (TPSA) is 55.4 Å². The number of carbonyl (C=O) groups excluding carboxylic acids is 2. The van der Waals surface area contributed by atoms with Crippen LogP contribution >= 0.6 is 11.3 Å². The van der Waals surface area contributed by atoms with Gasteiger partial charge in [-0.1, -0.05) is 19.1 Å². The molecule has 0 unspecified atom stereocenters. The van der Waals surface area contributed by atoms with Crippen LogP contribution in [0.3, 0.4) is 0 Å². The van der Waals surface area contributed by atoms with Crippen molar-refractivity contribution in [3.63, 3.8) is 0 Å². The SMILES string of the molecule is CCC=C(NC(=O)Cc1cccs1)C(=O)OC. The second-order valence-corrected chi connectivity index (χ2v) is 4.35. The van der Waals surface area contributed by atoms with Crippen molar-refractivity contribution in [2.75, 3.05) is 7.11 Å². The molecule has 1 heterocycles. The molecule has 17 heavy (non-hydrogen) atoms. The number of ether oxygens (including phenoxy) is 1. The molecule has 0 aliphatic rings. The van der Waals surface area contributed by atoms with Crippen molar-refractivity contribution >= 4 is 23.2 Å². The average molecular weight is 253 g/mol. The van der Waals surface area contributed by atoms with Gasteiger partial charge >= 0.3 is 5.97 Å². The van der Waals surface area contributed by atoms with Crippen LogP contribution in [0.4, 0.5) is 0 Å². The number of amides is 1. The summed E-state index contributed by atoms with van der Waals surface area (Å²) in [6, 6.07) is 3.77. The highest BCUT2D eigenvalue weighted by molar-refractivity contribution is 7.10. The highest BCUT2D eigenvalue weighted by atomic mass is 32.1. The van der Waals surface area contributed by atoms with Crippen molar-refractivity contribution in [3.05, 3.63) is 34.2 Å². The lowest BCUT2D eigenvalue weighted by molar-refractivity contribution is -0.137. The third-order valence-corrected chi connectivity index (χ3v) is 2.88. The number of methoxy groups -OCH3 is 1. The van der Waals surface area contributed by atoms with Gasteiger partial charge in [-0.05, 0) is 17.9 Å². The minimum absolute atomic E-state index is 0.205. The Morgan fingerprint density at radius 3 is 2.82 bits per heavy atom. The highest BCUT2D eigenvalue weighted by Gasteiger charge is 2.13. The van der Waals surface area contributed by atoms with Crippen LogP contribution in [-0.2, 0) is 20.7 Å². The number of carbonyl (C=O) groups is 2. The van der Waals surface area contributed by atoms with Gasteiger partial charge in [-0.15, -0.1) is 11.3 Å². The molecule has 0 fully saturated rings. The van der Waals surface area contributed by atoms with Gasteiger partial charge in [0.15, 0.2) is 0 Å². The van der Waals surface area contributed by atoms with Crippen LogP contribution in [0.2, 0.25) is 0 Å². The summed E-state index contributed by atoms with van der Waals surface area (Å²) in [6.45, 7) is 1.88. The molecule has 0 spiro atoms. The van der Waals surface area contributed by atoms with Crippen LogP contribution in [0.15, 0.2) is 29.3 Å². The van der Waals surface area contributed by atoms with Crippen molar-refractivity contribution in [2.45, 2.75) is 19.8 Å². The smallest absolute Gasteiger partial charge is 0.354 e. The third-order valence-electron chi connectivity index (χ3n) is 2.00. The summed E-state index contributed by atoms with van der Waals surface area (Å²) in [6.07, 6.45) is 2.57. The minimum Gasteiger partial charge on any atom is -0.464 e. The Bertz CT molecular complexity index is 409. The van der Waals surface area contributed by atoms with Crippen molar-refractivity contribution in [2.24, 2.45) is 0 Å². The van der Waals surface area contributed by atoms with Crippen molar-refractivity contribution in [1.82, 2.24) is 5.32 Å². The Hall–Kier alpha value is -1.62. The van der Waals surface area contributed by atoms with Crippen LogP contribution in [0, 0.1) is 0 Å². The lowest BCUT2D eigenvalue weighted by Crippen LogP contribution is -2.29. The Labute approximate surface area is 104 Å². The fourth-order valence-corrected chi connectivity index (χ4v) is 1.97. The monoisotopic (exact) mass is 253 g/mol. The molecule has 1 amide bonds. The van der Waals surface area contributed by atoms with E-state index in [1.807, 2.05) is 24.4 Å². The minimum atomic E-state index is -0.522. The summed E-state index contributed by atoms with van der Waals surface area (Å²) >= 11 is 1.51. The van der Waals surface area contributed by atoms with Gasteiger partial charge in [-0.25, -0.2) is 4.79 Å². The first-order valence-corrected chi connectivity index (χ1v) is 6.16. The van der Waals surface area contributed by atoms with Crippen molar-refractivity contribution in [3.8, 4) is 0 Å². The quantitative estimate of drug-likeness (QED) is 0.644. The Morgan fingerprint density at radius 2 is 2.29 bits per heavy atom.